The average molecular weight is 445 g/mol. The van der Waals surface area contributed by atoms with E-state index >= 15 is 0 Å². The zero-order valence-electron chi connectivity index (χ0n) is 19.9. The molecule has 2 heterocycles. The fourth-order valence-corrected chi connectivity index (χ4v) is 4.73. The summed E-state index contributed by atoms with van der Waals surface area (Å²) in [5.74, 6) is 0.126. The van der Waals surface area contributed by atoms with E-state index in [0.29, 0.717) is 35.4 Å². The molecule has 1 aliphatic carbocycles. The molecule has 0 aromatic carbocycles. The summed E-state index contributed by atoms with van der Waals surface area (Å²) in [6.45, 7) is 9.87. The van der Waals surface area contributed by atoms with Crippen LogP contribution in [0.1, 0.15) is 71.8 Å². The quantitative estimate of drug-likeness (QED) is 0.669. The highest BCUT2D eigenvalue weighted by atomic mass is 16.6. The summed E-state index contributed by atoms with van der Waals surface area (Å²) >= 11 is 0. The van der Waals surface area contributed by atoms with Crippen molar-refractivity contribution in [2.24, 2.45) is 11.8 Å². The van der Waals surface area contributed by atoms with Gasteiger partial charge < -0.3 is 15.0 Å². The van der Waals surface area contributed by atoms with Gasteiger partial charge in [0.15, 0.2) is 0 Å². The highest BCUT2D eigenvalue weighted by Crippen LogP contribution is 2.36. The number of nitrogens with one attached hydrogen (secondary N) is 2. The molecule has 8 heteroatoms. The standard InChI is InChI=1S/C24H36N4O4/c1-15-10-11-19(17-8-6-7-9-17)28(14-15)22(30)21(29)26-18-12-16(2)20(25-13-18)27-23(31)32-24(3,4)5/h12-13,15,17,19H,6-11,14H2,1-5H3,(H,26,29)(H,25,27,31). The lowest BCUT2D eigenvalue weighted by Crippen LogP contribution is -2.52. The number of piperidine rings is 1. The van der Waals surface area contributed by atoms with Crippen molar-refractivity contribution in [2.75, 3.05) is 17.2 Å². The van der Waals surface area contributed by atoms with Gasteiger partial charge in [0.2, 0.25) is 0 Å². The lowest BCUT2D eigenvalue weighted by molar-refractivity contribution is -0.147. The number of hydrogen-bond donors (Lipinski definition) is 2. The number of nitrogens with zero attached hydrogens (tertiary/aromatic N) is 2. The molecule has 1 aliphatic heterocycles. The third-order valence-electron chi connectivity index (χ3n) is 6.22. The molecule has 3 amide bonds. The van der Waals surface area contributed by atoms with E-state index < -0.39 is 23.5 Å². The molecule has 8 nitrogen and oxygen atoms in total. The Balaban J connectivity index is 1.64. The smallest absolute Gasteiger partial charge is 0.413 e. The number of hydrogen-bond acceptors (Lipinski definition) is 5. The fraction of sp³-hybridized carbons (Fsp3) is 0.667. The van der Waals surface area contributed by atoms with Crippen molar-refractivity contribution in [3.05, 3.63) is 17.8 Å². The van der Waals surface area contributed by atoms with E-state index in [-0.39, 0.29) is 6.04 Å². The number of pyridine rings is 1. The van der Waals surface area contributed by atoms with Gasteiger partial charge in [0.25, 0.3) is 0 Å². The Hall–Kier alpha value is -2.64. The van der Waals surface area contributed by atoms with Crippen LogP contribution in [0.4, 0.5) is 16.3 Å². The topological polar surface area (TPSA) is 101 Å². The van der Waals surface area contributed by atoms with Crippen molar-refractivity contribution in [3.63, 3.8) is 0 Å². The summed E-state index contributed by atoms with van der Waals surface area (Å²) in [5.41, 5.74) is 0.448. The maximum Gasteiger partial charge on any atom is 0.413 e. The summed E-state index contributed by atoms with van der Waals surface area (Å²) < 4.78 is 5.24. The van der Waals surface area contributed by atoms with Crippen LogP contribution < -0.4 is 10.6 Å². The van der Waals surface area contributed by atoms with Gasteiger partial charge in [0.1, 0.15) is 11.4 Å². The molecule has 1 saturated carbocycles. The first-order valence-corrected chi connectivity index (χ1v) is 11.6. The highest BCUT2D eigenvalue weighted by molar-refractivity contribution is 6.39. The highest BCUT2D eigenvalue weighted by Gasteiger charge is 2.38. The van der Waals surface area contributed by atoms with Gasteiger partial charge in [-0.15, -0.1) is 0 Å². The Labute approximate surface area is 190 Å². The van der Waals surface area contributed by atoms with E-state index in [2.05, 4.69) is 22.5 Å². The molecular weight excluding hydrogens is 408 g/mol. The Bertz CT molecular complexity index is 858. The first kappa shape index (κ1) is 24.0. The lowest BCUT2D eigenvalue weighted by atomic mass is 9.85. The van der Waals surface area contributed by atoms with E-state index in [4.69, 9.17) is 4.74 Å². The summed E-state index contributed by atoms with van der Waals surface area (Å²) in [6.07, 6.45) is 7.59. The maximum absolute atomic E-state index is 13.1. The molecule has 32 heavy (non-hydrogen) atoms. The summed E-state index contributed by atoms with van der Waals surface area (Å²) in [4.78, 5) is 43.9. The van der Waals surface area contributed by atoms with E-state index in [1.54, 1.807) is 38.7 Å². The van der Waals surface area contributed by atoms with Crippen molar-refractivity contribution in [1.82, 2.24) is 9.88 Å². The molecule has 2 N–H and O–H groups in total. The lowest BCUT2D eigenvalue weighted by Gasteiger charge is -2.41. The number of ether oxygens (including phenoxy) is 1. The molecule has 0 radical (unpaired) electrons. The molecule has 2 aliphatic rings. The summed E-state index contributed by atoms with van der Waals surface area (Å²) in [6, 6.07) is 1.84. The van der Waals surface area contributed by atoms with Crippen LogP contribution in [0.2, 0.25) is 0 Å². The zero-order chi connectivity index (χ0) is 23.5. The van der Waals surface area contributed by atoms with E-state index in [9.17, 15) is 14.4 Å². The van der Waals surface area contributed by atoms with E-state index in [1.807, 2.05) is 0 Å². The second-order valence-electron chi connectivity index (χ2n) is 10.2. The molecule has 0 spiro atoms. The molecule has 3 rings (SSSR count). The molecule has 1 saturated heterocycles. The molecule has 1 aromatic rings. The Morgan fingerprint density at radius 2 is 1.78 bits per heavy atom. The van der Waals surface area contributed by atoms with Crippen LogP contribution in [0, 0.1) is 18.8 Å². The Morgan fingerprint density at radius 3 is 2.41 bits per heavy atom. The van der Waals surface area contributed by atoms with Gasteiger partial charge >= 0.3 is 17.9 Å². The number of anilines is 2. The number of carbonyl (C=O) groups excluding carboxylic acids is 3. The van der Waals surface area contributed by atoms with Crippen LogP contribution in [0.15, 0.2) is 12.3 Å². The summed E-state index contributed by atoms with van der Waals surface area (Å²) in [5, 5.41) is 5.29. The monoisotopic (exact) mass is 444 g/mol. The van der Waals surface area contributed by atoms with E-state index in [0.717, 1.165) is 25.7 Å². The molecule has 176 valence electrons. The molecule has 2 unspecified atom stereocenters. The minimum atomic E-state index is -0.642. The third kappa shape index (κ3) is 6.20. The van der Waals surface area contributed by atoms with Gasteiger partial charge in [0, 0.05) is 12.6 Å². The first-order chi connectivity index (χ1) is 15.0. The first-order valence-electron chi connectivity index (χ1n) is 11.6. The maximum atomic E-state index is 13.1. The van der Waals surface area contributed by atoms with Crippen molar-refractivity contribution in [2.45, 2.75) is 84.8 Å². The number of carbonyl (C=O) groups is 3. The van der Waals surface area contributed by atoms with Gasteiger partial charge in [-0.05, 0) is 76.8 Å². The molecule has 0 bridgehead atoms. The largest absolute Gasteiger partial charge is 0.444 e. The van der Waals surface area contributed by atoms with Crippen LogP contribution in [0.25, 0.3) is 0 Å². The SMILES string of the molecule is Cc1cc(NC(=O)C(=O)N2CC(C)CCC2C2CCCC2)cnc1NC(=O)OC(C)(C)C. The number of amides is 3. The van der Waals surface area contributed by atoms with Crippen LogP contribution >= 0.6 is 0 Å². The van der Waals surface area contributed by atoms with Crippen LogP contribution in [0.3, 0.4) is 0 Å². The Morgan fingerprint density at radius 1 is 1.09 bits per heavy atom. The molecular formula is C24H36N4O4. The van der Waals surface area contributed by atoms with Crippen LogP contribution in [-0.4, -0.2) is 46.0 Å². The van der Waals surface area contributed by atoms with Crippen molar-refractivity contribution in [1.29, 1.82) is 0 Å². The summed E-state index contributed by atoms with van der Waals surface area (Å²) in [7, 11) is 0. The average Bonchev–Trinajstić information content (AvgIpc) is 3.22. The number of rotatable bonds is 3. The zero-order valence-corrected chi connectivity index (χ0v) is 19.9. The number of aryl methyl sites for hydroxylation is 1. The van der Waals surface area contributed by atoms with Crippen LogP contribution in [-0.2, 0) is 14.3 Å². The molecule has 2 atom stereocenters. The van der Waals surface area contributed by atoms with Crippen molar-refractivity contribution >= 4 is 29.4 Å². The van der Waals surface area contributed by atoms with Crippen LogP contribution in [0.5, 0.6) is 0 Å². The molecule has 1 aromatic heterocycles. The van der Waals surface area contributed by atoms with Gasteiger partial charge in [-0.25, -0.2) is 9.78 Å². The van der Waals surface area contributed by atoms with Gasteiger partial charge in [-0.3, -0.25) is 14.9 Å². The van der Waals surface area contributed by atoms with Gasteiger partial charge in [0.05, 0.1) is 11.9 Å². The van der Waals surface area contributed by atoms with Crippen molar-refractivity contribution < 1.29 is 19.1 Å². The minimum absolute atomic E-state index is 0.159. The van der Waals surface area contributed by atoms with Crippen molar-refractivity contribution in [3.8, 4) is 0 Å². The van der Waals surface area contributed by atoms with E-state index in [1.165, 1.54) is 19.0 Å². The number of aromatic nitrogens is 1. The third-order valence-corrected chi connectivity index (χ3v) is 6.22. The predicted molar refractivity (Wildman–Crippen MR) is 123 cm³/mol. The fourth-order valence-electron chi connectivity index (χ4n) is 4.73. The minimum Gasteiger partial charge on any atom is -0.444 e. The predicted octanol–water partition coefficient (Wildman–Crippen LogP) is 4.49. The number of likely N-dealkylation sites (tertiary alicyclic amines) is 1. The normalized spacial score (nSPS) is 21.8. The van der Waals surface area contributed by atoms with Gasteiger partial charge in [-0.2, -0.15) is 0 Å². The van der Waals surface area contributed by atoms with Gasteiger partial charge in [-0.1, -0.05) is 19.8 Å². The second kappa shape index (κ2) is 9.88. The Kier molecular flexibility index (Phi) is 7.41. The molecule has 2 fully saturated rings. The second-order valence-corrected chi connectivity index (χ2v) is 10.2.